The van der Waals surface area contributed by atoms with Crippen LogP contribution in [0, 0.1) is 5.92 Å². The Bertz CT molecular complexity index is 322. The van der Waals surface area contributed by atoms with Crippen LogP contribution < -0.4 is 0 Å². The Balaban J connectivity index is 2.48. The van der Waals surface area contributed by atoms with Crippen LogP contribution in [0.1, 0.15) is 24.2 Å². The highest BCUT2D eigenvalue weighted by Crippen LogP contribution is 2.40. The Morgan fingerprint density at radius 3 is 2.92 bits per heavy atom. The maximum Gasteiger partial charge on any atom is 0.0852 e. The molecule has 2 heteroatoms. The highest BCUT2D eigenvalue weighted by atomic mass is 79.9. The van der Waals surface area contributed by atoms with Gasteiger partial charge in [0.15, 0.2) is 0 Å². The maximum atomic E-state index is 5.48. The molecule has 0 saturated heterocycles. The van der Waals surface area contributed by atoms with Crippen molar-refractivity contribution in [3.8, 4) is 0 Å². The van der Waals surface area contributed by atoms with E-state index >= 15 is 0 Å². The van der Waals surface area contributed by atoms with Crippen LogP contribution in [-0.2, 0) is 11.2 Å². The van der Waals surface area contributed by atoms with Crippen LogP contribution >= 0.6 is 15.9 Å². The molecule has 2 rings (SSSR count). The molecule has 2 unspecified atom stereocenters. The van der Waals surface area contributed by atoms with Crippen molar-refractivity contribution in [3.63, 3.8) is 0 Å². The van der Waals surface area contributed by atoms with E-state index in [0.717, 1.165) is 6.42 Å². The van der Waals surface area contributed by atoms with E-state index in [0.29, 0.717) is 5.92 Å². The monoisotopic (exact) mass is 240 g/mol. The first-order chi connectivity index (χ1) is 6.24. The number of benzene rings is 1. The number of ether oxygens (including phenoxy) is 1. The van der Waals surface area contributed by atoms with E-state index in [1.54, 1.807) is 7.11 Å². The number of hydrogen-bond donors (Lipinski definition) is 0. The molecular weight excluding hydrogens is 228 g/mol. The fraction of sp³-hybridized carbons (Fsp3) is 0.455. The predicted octanol–water partition coefficient (Wildman–Crippen LogP) is 3.33. The Hall–Kier alpha value is -0.340. The molecule has 1 aliphatic carbocycles. The lowest BCUT2D eigenvalue weighted by Gasteiger charge is -2.13. The summed E-state index contributed by atoms with van der Waals surface area (Å²) < 4.78 is 6.70. The normalized spacial score (nSPS) is 26.1. The van der Waals surface area contributed by atoms with Gasteiger partial charge in [0.2, 0.25) is 0 Å². The van der Waals surface area contributed by atoms with Crippen molar-refractivity contribution in [3.05, 3.63) is 33.8 Å². The molecule has 1 aromatic rings. The van der Waals surface area contributed by atoms with Gasteiger partial charge in [-0.2, -0.15) is 0 Å². The molecular formula is C11H13BrO. The molecule has 2 atom stereocenters. The summed E-state index contributed by atoms with van der Waals surface area (Å²) in [7, 11) is 1.79. The molecule has 0 aromatic heterocycles. The number of fused-ring (bicyclic) bond motifs is 1. The molecule has 0 radical (unpaired) electrons. The topological polar surface area (TPSA) is 9.23 Å². The minimum atomic E-state index is 0.285. The van der Waals surface area contributed by atoms with Gasteiger partial charge in [0, 0.05) is 11.6 Å². The lowest BCUT2D eigenvalue weighted by molar-refractivity contribution is 0.0695. The van der Waals surface area contributed by atoms with E-state index in [9.17, 15) is 0 Å². The van der Waals surface area contributed by atoms with E-state index in [1.807, 2.05) is 0 Å². The van der Waals surface area contributed by atoms with Gasteiger partial charge >= 0.3 is 0 Å². The fourth-order valence-electron chi connectivity index (χ4n) is 2.15. The van der Waals surface area contributed by atoms with Gasteiger partial charge in [-0.15, -0.1) is 0 Å². The Morgan fingerprint density at radius 1 is 1.46 bits per heavy atom. The molecule has 0 spiro atoms. The van der Waals surface area contributed by atoms with Crippen LogP contribution in [0.25, 0.3) is 0 Å². The van der Waals surface area contributed by atoms with Crippen LogP contribution in [0.15, 0.2) is 22.7 Å². The molecule has 0 N–H and O–H groups in total. The van der Waals surface area contributed by atoms with Crippen molar-refractivity contribution in [1.29, 1.82) is 0 Å². The standard InChI is InChI=1S/C11H13BrO/c1-7-6-9-8(11(7)13-2)4-3-5-10(9)12/h3-5,7,11H,6H2,1-2H3. The first kappa shape index (κ1) is 9.22. The molecule has 0 heterocycles. The Kier molecular flexibility index (Phi) is 2.43. The van der Waals surface area contributed by atoms with Gasteiger partial charge < -0.3 is 4.74 Å². The minimum absolute atomic E-state index is 0.285. The summed E-state index contributed by atoms with van der Waals surface area (Å²) in [4.78, 5) is 0. The van der Waals surface area contributed by atoms with E-state index in [4.69, 9.17) is 4.74 Å². The summed E-state index contributed by atoms with van der Waals surface area (Å²) in [5.41, 5.74) is 2.77. The quantitative estimate of drug-likeness (QED) is 0.732. The second-order valence-electron chi connectivity index (χ2n) is 3.65. The third-order valence-corrected chi connectivity index (χ3v) is 3.50. The van der Waals surface area contributed by atoms with Crippen molar-refractivity contribution in [2.45, 2.75) is 19.4 Å². The Morgan fingerprint density at radius 2 is 2.23 bits per heavy atom. The SMILES string of the molecule is COC1c2cccc(Br)c2CC1C. The van der Waals surface area contributed by atoms with Crippen molar-refractivity contribution in [2.75, 3.05) is 7.11 Å². The summed E-state index contributed by atoms with van der Waals surface area (Å²) in [6, 6.07) is 6.34. The summed E-state index contributed by atoms with van der Waals surface area (Å²) in [6.07, 6.45) is 1.41. The third-order valence-electron chi connectivity index (χ3n) is 2.76. The smallest absolute Gasteiger partial charge is 0.0852 e. The first-order valence-electron chi connectivity index (χ1n) is 4.54. The number of rotatable bonds is 1. The number of halogens is 1. The van der Waals surface area contributed by atoms with Crippen LogP contribution in [0.4, 0.5) is 0 Å². The third kappa shape index (κ3) is 1.42. The lowest BCUT2D eigenvalue weighted by Crippen LogP contribution is -2.04. The van der Waals surface area contributed by atoms with Crippen molar-refractivity contribution in [1.82, 2.24) is 0 Å². The number of methoxy groups -OCH3 is 1. The van der Waals surface area contributed by atoms with E-state index in [1.165, 1.54) is 15.6 Å². The summed E-state index contributed by atoms with van der Waals surface area (Å²) in [6.45, 7) is 2.24. The summed E-state index contributed by atoms with van der Waals surface area (Å²) in [5, 5.41) is 0. The van der Waals surface area contributed by atoms with Gasteiger partial charge in [0.05, 0.1) is 6.10 Å². The summed E-state index contributed by atoms with van der Waals surface area (Å²) >= 11 is 3.58. The van der Waals surface area contributed by atoms with Crippen LogP contribution in [0.3, 0.4) is 0 Å². The highest BCUT2D eigenvalue weighted by Gasteiger charge is 2.30. The van der Waals surface area contributed by atoms with Crippen molar-refractivity contribution < 1.29 is 4.74 Å². The largest absolute Gasteiger partial charge is 0.376 e. The van der Waals surface area contributed by atoms with Crippen LogP contribution in [0.2, 0.25) is 0 Å². The Labute approximate surface area is 87.2 Å². The lowest BCUT2D eigenvalue weighted by atomic mass is 10.1. The van der Waals surface area contributed by atoms with E-state index < -0.39 is 0 Å². The molecule has 0 saturated carbocycles. The van der Waals surface area contributed by atoms with Gasteiger partial charge in [-0.05, 0) is 29.5 Å². The van der Waals surface area contributed by atoms with Gasteiger partial charge in [-0.3, -0.25) is 0 Å². The fourth-order valence-corrected chi connectivity index (χ4v) is 2.70. The van der Waals surface area contributed by atoms with E-state index in [2.05, 4.69) is 41.1 Å². The average Bonchev–Trinajstić information content (AvgIpc) is 2.43. The van der Waals surface area contributed by atoms with E-state index in [-0.39, 0.29) is 6.10 Å². The second-order valence-corrected chi connectivity index (χ2v) is 4.50. The molecule has 1 aromatic carbocycles. The maximum absolute atomic E-state index is 5.48. The molecule has 0 bridgehead atoms. The molecule has 0 aliphatic heterocycles. The molecule has 0 fully saturated rings. The van der Waals surface area contributed by atoms with Gasteiger partial charge in [0.1, 0.15) is 0 Å². The van der Waals surface area contributed by atoms with Gasteiger partial charge in [-0.1, -0.05) is 35.0 Å². The van der Waals surface area contributed by atoms with Crippen LogP contribution in [-0.4, -0.2) is 7.11 Å². The van der Waals surface area contributed by atoms with Gasteiger partial charge in [-0.25, -0.2) is 0 Å². The zero-order valence-corrected chi connectivity index (χ0v) is 9.47. The van der Waals surface area contributed by atoms with Crippen molar-refractivity contribution in [2.24, 2.45) is 5.92 Å². The zero-order valence-electron chi connectivity index (χ0n) is 7.88. The molecule has 70 valence electrons. The van der Waals surface area contributed by atoms with Crippen LogP contribution in [0.5, 0.6) is 0 Å². The predicted molar refractivity (Wildman–Crippen MR) is 56.8 cm³/mol. The van der Waals surface area contributed by atoms with Crippen molar-refractivity contribution >= 4 is 15.9 Å². The first-order valence-corrected chi connectivity index (χ1v) is 5.33. The molecule has 1 nitrogen and oxygen atoms in total. The molecule has 1 aliphatic rings. The highest BCUT2D eigenvalue weighted by molar-refractivity contribution is 9.10. The molecule has 13 heavy (non-hydrogen) atoms. The minimum Gasteiger partial charge on any atom is -0.376 e. The molecule has 0 amide bonds. The number of hydrogen-bond acceptors (Lipinski definition) is 1. The zero-order chi connectivity index (χ0) is 9.42. The van der Waals surface area contributed by atoms with Gasteiger partial charge in [0.25, 0.3) is 0 Å². The second kappa shape index (κ2) is 3.43. The summed E-state index contributed by atoms with van der Waals surface area (Å²) in [5.74, 6) is 0.596. The average molecular weight is 241 g/mol.